The predicted molar refractivity (Wildman–Crippen MR) is 48.5 cm³/mol. The Hall–Kier alpha value is 0.750. The lowest BCUT2D eigenvalue weighted by atomic mass is 9.92. The van der Waals surface area contributed by atoms with Crippen molar-refractivity contribution in [3.8, 4) is 0 Å². The maximum atomic E-state index is 12.3. The summed E-state index contributed by atoms with van der Waals surface area (Å²) < 4.78 is 36.3. The highest BCUT2D eigenvalue weighted by Crippen LogP contribution is 2.71. The average Bonchev–Trinajstić information content (AvgIpc) is 2.30. The fraction of sp³-hybridized carbons (Fsp3) is 1.00. The zero-order chi connectivity index (χ0) is 9.78. The molecule has 2 unspecified atom stereocenters. The molecule has 2 atom stereocenters. The second kappa shape index (κ2) is 2.62. The van der Waals surface area contributed by atoms with Gasteiger partial charge in [-0.25, -0.2) is 0 Å². The van der Waals surface area contributed by atoms with Gasteiger partial charge in [0.1, 0.15) is 0 Å². The molecule has 0 aromatic rings. The summed E-state index contributed by atoms with van der Waals surface area (Å²) in [5.41, 5.74) is -0.703. The Morgan fingerprint density at radius 3 is 1.75 bits per heavy atom. The quantitative estimate of drug-likeness (QED) is 0.640. The maximum Gasteiger partial charge on any atom is 0.392 e. The zero-order valence-corrected chi connectivity index (χ0v) is 9.85. The maximum absolute atomic E-state index is 12.3. The monoisotopic (exact) mass is 308 g/mol. The Labute approximate surface area is 86.2 Å². The molecule has 0 amide bonds. The van der Waals surface area contributed by atoms with Crippen LogP contribution in [-0.2, 0) is 0 Å². The average molecular weight is 310 g/mol. The van der Waals surface area contributed by atoms with E-state index in [1.807, 2.05) is 0 Å². The molecule has 0 aromatic carbocycles. The van der Waals surface area contributed by atoms with E-state index < -0.39 is 20.7 Å². The van der Waals surface area contributed by atoms with Gasteiger partial charge in [0.05, 0.1) is 9.15 Å². The molecule has 1 aliphatic carbocycles. The third-order valence-electron chi connectivity index (χ3n) is 2.75. The van der Waals surface area contributed by atoms with Crippen molar-refractivity contribution in [2.75, 3.05) is 0 Å². The third kappa shape index (κ3) is 1.54. The Kier molecular flexibility index (Phi) is 2.37. The molecule has 1 aliphatic rings. The first-order valence-corrected chi connectivity index (χ1v) is 5.14. The second-order valence-corrected chi connectivity index (χ2v) is 7.33. The first kappa shape index (κ1) is 10.8. The van der Waals surface area contributed by atoms with Gasteiger partial charge in [-0.3, -0.25) is 0 Å². The second-order valence-electron chi connectivity index (χ2n) is 3.56. The molecule has 1 fully saturated rings. The summed E-state index contributed by atoms with van der Waals surface area (Å²) in [5, 5.41) is 0. The molecule has 0 heterocycles. The van der Waals surface area contributed by atoms with Crippen LogP contribution in [-0.4, -0.2) is 9.41 Å². The van der Waals surface area contributed by atoms with Gasteiger partial charge >= 0.3 is 6.18 Å². The number of rotatable bonds is 1. The fourth-order valence-corrected chi connectivity index (χ4v) is 3.10. The first-order valence-electron chi connectivity index (χ1n) is 3.56. The predicted octanol–water partition coefficient (Wildman–Crippen LogP) is 4.08. The van der Waals surface area contributed by atoms with E-state index in [9.17, 15) is 13.2 Å². The van der Waals surface area contributed by atoms with Crippen molar-refractivity contribution in [1.29, 1.82) is 0 Å². The molecule has 1 rings (SSSR count). The minimum absolute atomic E-state index is 0.512. The number of alkyl halides is 5. The molecule has 0 N–H and O–H groups in total. The topological polar surface area (TPSA) is 0 Å². The van der Waals surface area contributed by atoms with Crippen LogP contribution in [0.2, 0.25) is 0 Å². The standard InChI is InChI=1S/C7H9Br2F3/c1-4(7(10,11)12)5(2)3-6(5,8)9/h4H,3H2,1-2H3. The summed E-state index contributed by atoms with van der Waals surface area (Å²) in [7, 11) is 0. The smallest absolute Gasteiger partial charge is 0.171 e. The van der Waals surface area contributed by atoms with Crippen molar-refractivity contribution in [3.05, 3.63) is 0 Å². The van der Waals surface area contributed by atoms with Gasteiger partial charge in [-0.15, -0.1) is 0 Å². The molecular formula is C7H9Br2F3. The SMILES string of the molecule is CC(C(F)(F)F)C1(C)CC1(Br)Br. The highest BCUT2D eigenvalue weighted by atomic mass is 79.9. The molecule has 0 spiro atoms. The molecule has 0 saturated heterocycles. The van der Waals surface area contributed by atoms with Gasteiger partial charge < -0.3 is 0 Å². The van der Waals surface area contributed by atoms with Gasteiger partial charge in [-0.1, -0.05) is 45.7 Å². The molecule has 0 bridgehead atoms. The third-order valence-corrected chi connectivity index (χ3v) is 5.12. The number of halogens is 5. The van der Waals surface area contributed by atoms with Crippen molar-refractivity contribution in [2.45, 2.75) is 29.7 Å². The molecule has 0 aromatic heterocycles. The summed E-state index contributed by atoms with van der Waals surface area (Å²) in [6.07, 6.45) is -3.58. The van der Waals surface area contributed by atoms with Crippen LogP contribution in [0.5, 0.6) is 0 Å². The molecule has 5 heteroatoms. The fourth-order valence-electron chi connectivity index (χ4n) is 1.25. The van der Waals surface area contributed by atoms with Gasteiger partial charge in [0.15, 0.2) is 0 Å². The Morgan fingerprint density at radius 1 is 1.33 bits per heavy atom. The van der Waals surface area contributed by atoms with Crippen LogP contribution < -0.4 is 0 Å². The van der Waals surface area contributed by atoms with E-state index in [-0.39, 0.29) is 0 Å². The molecule has 12 heavy (non-hydrogen) atoms. The number of hydrogen-bond donors (Lipinski definition) is 0. The van der Waals surface area contributed by atoms with Crippen LogP contribution in [0.15, 0.2) is 0 Å². The van der Waals surface area contributed by atoms with E-state index in [1.165, 1.54) is 6.92 Å². The van der Waals surface area contributed by atoms with Gasteiger partial charge in [-0.2, -0.15) is 13.2 Å². The van der Waals surface area contributed by atoms with Gasteiger partial charge in [0.25, 0.3) is 0 Å². The Bertz CT molecular complexity index is 199. The Balaban J connectivity index is 2.75. The summed E-state index contributed by atoms with van der Waals surface area (Å²) >= 11 is 6.44. The van der Waals surface area contributed by atoms with Crippen molar-refractivity contribution in [1.82, 2.24) is 0 Å². The van der Waals surface area contributed by atoms with Crippen LogP contribution >= 0.6 is 31.9 Å². The van der Waals surface area contributed by atoms with Crippen molar-refractivity contribution >= 4 is 31.9 Å². The molecule has 0 aliphatic heterocycles. The van der Waals surface area contributed by atoms with Crippen LogP contribution in [0.25, 0.3) is 0 Å². The summed E-state index contributed by atoms with van der Waals surface area (Å²) in [6.45, 7) is 2.86. The van der Waals surface area contributed by atoms with Crippen LogP contribution in [0.3, 0.4) is 0 Å². The highest BCUT2D eigenvalue weighted by molar-refractivity contribution is 9.25. The lowest BCUT2D eigenvalue weighted by Crippen LogP contribution is -2.30. The minimum atomic E-state index is -4.10. The van der Waals surface area contributed by atoms with Gasteiger partial charge in [0, 0.05) is 5.41 Å². The van der Waals surface area contributed by atoms with Crippen LogP contribution in [0.4, 0.5) is 13.2 Å². The normalized spacial score (nSPS) is 36.2. The van der Waals surface area contributed by atoms with Crippen LogP contribution in [0, 0.1) is 11.3 Å². The molecule has 1 saturated carbocycles. The molecule has 72 valence electrons. The summed E-state index contributed by atoms with van der Waals surface area (Å²) in [4.78, 5) is 0. The van der Waals surface area contributed by atoms with E-state index in [4.69, 9.17) is 0 Å². The first-order chi connectivity index (χ1) is 5.11. The summed E-state index contributed by atoms with van der Waals surface area (Å²) in [5.74, 6) is -1.27. The van der Waals surface area contributed by atoms with E-state index in [1.54, 1.807) is 6.92 Å². The number of hydrogen-bond acceptors (Lipinski definition) is 0. The highest BCUT2D eigenvalue weighted by Gasteiger charge is 2.69. The van der Waals surface area contributed by atoms with Crippen molar-refractivity contribution < 1.29 is 13.2 Å². The van der Waals surface area contributed by atoms with Crippen molar-refractivity contribution in [3.63, 3.8) is 0 Å². The summed E-state index contributed by atoms with van der Waals surface area (Å²) in [6, 6.07) is 0. The van der Waals surface area contributed by atoms with Crippen molar-refractivity contribution in [2.24, 2.45) is 11.3 Å². The van der Waals surface area contributed by atoms with E-state index in [2.05, 4.69) is 31.9 Å². The van der Waals surface area contributed by atoms with Crippen LogP contribution in [0.1, 0.15) is 20.3 Å². The van der Waals surface area contributed by atoms with E-state index in [0.29, 0.717) is 6.42 Å². The van der Waals surface area contributed by atoms with Gasteiger partial charge in [-0.05, 0) is 6.42 Å². The van der Waals surface area contributed by atoms with E-state index in [0.717, 1.165) is 0 Å². The lowest BCUT2D eigenvalue weighted by Gasteiger charge is -2.23. The van der Waals surface area contributed by atoms with E-state index >= 15 is 0 Å². The zero-order valence-electron chi connectivity index (χ0n) is 6.67. The molecule has 0 radical (unpaired) electrons. The lowest BCUT2D eigenvalue weighted by molar-refractivity contribution is -0.185. The van der Waals surface area contributed by atoms with Gasteiger partial charge in [0.2, 0.25) is 0 Å². The largest absolute Gasteiger partial charge is 0.392 e. The minimum Gasteiger partial charge on any atom is -0.171 e. The molecular weight excluding hydrogens is 301 g/mol. The molecule has 0 nitrogen and oxygen atoms in total. The Morgan fingerprint density at radius 2 is 1.67 bits per heavy atom.